The normalized spacial score (nSPS) is 12.6. The number of aromatic nitrogens is 4. The maximum atomic E-state index is 10.0. The van der Waals surface area contributed by atoms with Crippen LogP contribution in [0.4, 0.5) is 5.82 Å². The number of fused-ring (bicyclic) bond motifs is 1. The van der Waals surface area contributed by atoms with Gasteiger partial charge >= 0.3 is 0 Å². The smallest absolute Gasteiger partial charge is 0.168 e. The molecule has 0 saturated carbocycles. The molecule has 0 fully saturated rings. The maximum absolute atomic E-state index is 10.0. The minimum absolute atomic E-state index is 0.294. The molecule has 0 amide bonds. The lowest BCUT2D eigenvalue weighted by atomic mass is 10.2. The van der Waals surface area contributed by atoms with Gasteiger partial charge in [-0.2, -0.15) is 5.10 Å². The highest BCUT2D eigenvalue weighted by Crippen LogP contribution is 2.21. The Morgan fingerprint density at radius 2 is 1.96 bits per heavy atom. The molecule has 0 aliphatic carbocycles. The van der Waals surface area contributed by atoms with Gasteiger partial charge in [-0.15, -0.1) is 0 Å². The quantitative estimate of drug-likeness (QED) is 0.654. The number of rotatable bonds is 8. The van der Waals surface area contributed by atoms with E-state index in [0.29, 0.717) is 37.1 Å². The average Bonchev–Trinajstić information content (AvgIpc) is 3.05. The first-order chi connectivity index (χ1) is 12.1. The number of hydrogen-bond acceptors (Lipinski definition) is 6. The first-order valence-corrected chi connectivity index (χ1v) is 8.39. The Morgan fingerprint density at radius 3 is 2.72 bits per heavy atom. The molecule has 0 unspecified atom stereocenters. The van der Waals surface area contributed by atoms with Crippen LogP contribution in [0, 0.1) is 5.92 Å². The van der Waals surface area contributed by atoms with E-state index in [-0.39, 0.29) is 0 Å². The van der Waals surface area contributed by atoms with Gasteiger partial charge in [0, 0.05) is 13.2 Å². The van der Waals surface area contributed by atoms with E-state index >= 15 is 0 Å². The highest BCUT2D eigenvalue weighted by molar-refractivity contribution is 5.87. The third kappa shape index (κ3) is 4.32. The summed E-state index contributed by atoms with van der Waals surface area (Å²) in [4.78, 5) is 8.60. The number of hydrogen-bond donors (Lipinski definition) is 2. The van der Waals surface area contributed by atoms with Gasteiger partial charge < -0.3 is 15.2 Å². The molecule has 25 heavy (non-hydrogen) atoms. The monoisotopic (exact) mass is 341 g/mol. The zero-order valence-corrected chi connectivity index (χ0v) is 14.5. The largest absolute Gasteiger partial charge is 0.389 e. The number of benzene rings is 1. The molecule has 0 aliphatic heterocycles. The zero-order chi connectivity index (χ0) is 17.6. The van der Waals surface area contributed by atoms with Crippen molar-refractivity contribution in [2.45, 2.75) is 20.0 Å². The molecule has 0 bridgehead atoms. The lowest BCUT2D eigenvalue weighted by Crippen LogP contribution is -2.26. The maximum Gasteiger partial charge on any atom is 0.168 e. The summed E-state index contributed by atoms with van der Waals surface area (Å²) in [5.74, 6) is 1.10. The van der Waals surface area contributed by atoms with Crippen LogP contribution in [0.5, 0.6) is 0 Å². The van der Waals surface area contributed by atoms with E-state index in [9.17, 15) is 5.11 Å². The van der Waals surface area contributed by atoms with Crippen LogP contribution in [0.2, 0.25) is 0 Å². The lowest BCUT2D eigenvalue weighted by molar-refractivity contribution is 0.0317. The number of nitrogens with zero attached hydrogens (tertiary/aromatic N) is 4. The van der Waals surface area contributed by atoms with Crippen molar-refractivity contribution < 1.29 is 9.84 Å². The molecule has 0 aliphatic rings. The number of ether oxygens (including phenoxy) is 1. The second-order valence-corrected chi connectivity index (χ2v) is 6.32. The Bertz CT molecular complexity index is 804. The average molecular weight is 341 g/mol. The van der Waals surface area contributed by atoms with E-state index in [1.54, 1.807) is 10.9 Å². The molecule has 132 valence electrons. The molecule has 0 radical (unpaired) electrons. The summed E-state index contributed by atoms with van der Waals surface area (Å²) < 4.78 is 7.22. The van der Waals surface area contributed by atoms with Crippen LogP contribution < -0.4 is 5.32 Å². The van der Waals surface area contributed by atoms with Crippen LogP contribution in [-0.2, 0) is 4.74 Å². The van der Waals surface area contributed by atoms with Gasteiger partial charge in [0.1, 0.15) is 12.1 Å². The molecular formula is C18H23N5O2. The molecule has 0 spiro atoms. The fourth-order valence-corrected chi connectivity index (χ4v) is 2.46. The Morgan fingerprint density at radius 1 is 1.16 bits per heavy atom. The minimum atomic E-state index is -0.604. The number of aliphatic hydroxyl groups excluding tert-OH is 1. The predicted octanol–water partition coefficient (Wildman–Crippen LogP) is 2.26. The molecule has 2 N–H and O–H groups in total. The van der Waals surface area contributed by atoms with Crippen molar-refractivity contribution in [1.29, 1.82) is 0 Å². The van der Waals surface area contributed by atoms with Crippen LogP contribution in [0.1, 0.15) is 13.8 Å². The van der Waals surface area contributed by atoms with Gasteiger partial charge in [0.2, 0.25) is 0 Å². The van der Waals surface area contributed by atoms with Crippen LogP contribution in [0.15, 0.2) is 42.9 Å². The molecule has 2 aromatic heterocycles. The minimum Gasteiger partial charge on any atom is -0.389 e. The summed E-state index contributed by atoms with van der Waals surface area (Å²) in [7, 11) is 0. The molecule has 3 aromatic rings. The predicted molar refractivity (Wildman–Crippen MR) is 96.8 cm³/mol. The van der Waals surface area contributed by atoms with Gasteiger partial charge in [-0.3, -0.25) is 0 Å². The second kappa shape index (κ2) is 8.04. The molecule has 7 nitrogen and oxygen atoms in total. The third-order valence-electron chi connectivity index (χ3n) is 3.63. The molecule has 1 atom stereocenters. The van der Waals surface area contributed by atoms with E-state index in [0.717, 1.165) is 11.1 Å². The van der Waals surface area contributed by atoms with Crippen LogP contribution >= 0.6 is 0 Å². The number of nitrogens with one attached hydrogen (secondary N) is 1. The fraction of sp³-hybridized carbons (Fsp3) is 0.389. The molecule has 7 heteroatoms. The number of aliphatic hydroxyl groups is 1. The van der Waals surface area contributed by atoms with Gasteiger partial charge in [0.05, 0.1) is 30.0 Å². The van der Waals surface area contributed by atoms with Crippen LogP contribution in [0.3, 0.4) is 0 Å². The molecule has 3 rings (SSSR count). The van der Waals surface area contributed by atoms with Gasteiger partial charge in [-0.25, -0.2) is 14.6 Å². The summed E-state index contributed by atoms with van der Waals surface area (Å²) in [6.07, 6.45) is 2.62. The summed E-state index contributed by atoms with van der Waals surface area (Å²) in [6, 6.07) is 9.81. The van der Waals surface area contributed by atoms with Crippen molar-refractivity contribution in [3.63, 3.8) is 0 Å². The van der Waals surface area contributed by atoms with E-state index in [1.807, 2.05) is 30.3 Å². The molecule has 0 saturated heterocycles. The SMILES string of the molecule is CC(C)COC[C@@H](O)CNc1ncnc2c1cnn2-c1ccccc1. The zero-order valence-electron chi connectivity index (χ0n) is 14.5. The van der Waals surface area contributed by atoms with Gasteiger partial charge in [-0.1, -0.05) is 32.0 Å². The highest BCUT2D eigenvalue weighted by atomic mass is 16.5. The highest BCUT2D eigenvalue weighted by Gasteiger charge is 2.12. The van der Waals surface area contributed by atoms with E-state index in [4.69, 9.17) is 4.74 Å². The number of para-hydroxylation sites is 1. The van der Waals surface area contributed by atoms with Gasteiger partial charge in [-0.05, 0) is 18.1 Å². The Kier molecular flexibility index (Phi) is 5.57. The Labute approximate surface area is 146 Å². The Balaban J connectivity index is 1.70. The van der Waals surface area contributed by atoms with Crippen molar-refractivity contribution >= 4 is 16.9 Å². The van der Waals surface area contributed by atoms with Gasteiger partial charge in [0.15, 0.2) is 5.65 Å². The summed E-state index contributed by atoms with van der Waals surface area (Å²) in [6.45, 7) is 5.43. The van der Waals surface area contributed by atoms with Crippen LogP contribution in [-0.4, -0.2) is 50.7 Å². The summed E-state index contributed by atoms with van der Waals surface area (Å²) in [5, 5.41) is 18.4. The standard InChI is InChI=1S/C18H23N5O2/c1-13(2)10-25-11-15(24)8-19-17-16-9-22-23(18(16)21-12-20-17)14-6-4-3-5-7-14/h3-7,9,12-13,15,24H,8,10-11H2,1-2H3,(H,19,20,21)/t15-/m0/s1. The van der Waals surface area contributed by atoms with E-state index < -0.39 is 6.10 Å². The van der Waals surface area contributed by atoms with Crippen molar-refractivity contribution in [1.82, 2.24) is 19.7 Å². The topological polar surface area (TPSA) is 85.1 Å². The van der Waals surface area contributed by atoms with Crippen molar-refractivity contribution in [2.24, 2.45) is 5.92 Å². The van der Waals surface area contributed by atoms with E-state index in [2.05, 4.69) is 34.2 Å². The van der Waals surface area contributed by atoms with Crippen molar-refractivity contribution in [3.8, 4) is 5.69 Å². The van der Waals surface area contributed by atoms with Crippen LogP contribution in [0.25, 0.3) is 16.7 Å². The third-order valence-corrected chi connectivity index (χ3v) is 3.63. The van der Waals surface area contributed by atoms with Crippen molar-refractivity contribution in [3.05, 3.63) is 42.9 Å². The summed E-state index contributed by atoms with van der Waals surface area (Å²) in [5.41, 5.74) is 1.65. The second-order valence-electron chi connectivity index (χ2n) is 6.32. The molecule has 1 aromatic carbocycles. The van der Waals surface area contributed by atoms with Crippen molar-refractivity contribution in [2.75, 3.05) is 25.1 Å². The first-order valence-electron chi connectivity index (χ1n) is 8.39. The fourth-order valence-electron chi connectivity index (χ4n) is 2.46. The van der Waals surface area contributed by atoms with E-state index in [1.165, 1.54) is 6.33 Å². The first kappa shape index (κ1) is 17.3. The number of anilines is 1. The molecular weight excluding hydrogens is 318 g/mol. The summed E-state index contributed by atoms with van der Waals surface area (Å²) >= 11 is 0. The lowest BCUT2D eigenvalue weighted by Gasteiger charge is -2.14. The molecule has 2 heterocycles. The van der Waals surface area contributed by atoms with Gasteiger partial charge in [0.25, 0.3) is 0 Å². The Hall–Kier alpha value is -2.51.